The average Bonchev–Trinajstić information content (AvgIpc) is 3.44. The van der Waals surface area contributed by atoms with E-state index in [1.807, 2.05) is 86.6 Å². The highest BCUT2D eigenvalue weighted by atomic mass is 32.2. The van der Waals surface area contributed by atoms with Gasteiger partial charge >= 0.3 is 0 Å². The van der Waals surface area contributed by atoms with E-state index in [4.69, 9.17) is 0 Å². The van der Waals surface area contributed by atoms with Crippen molar-refractivity contribution in [2.24, 2.45) is 0 Å². The number of hydrogen-bond donors (Lipinski definition) is 0. The Morgan fingerprint density at radius 1 is 0.727 bits per heavy atom. The van der Waals surface area contributed by atoms with Crippen LogP contribution in [-0.2, 0) is 9.59 Å². The lowest BCUT2D eigenvalue weighted by atomic mass is 10.0. The molecule has 0 N–H and O–H groups in total. The van der Waals surface area contributed by atoms with Crippen LogP contribution in [0.4, 0.5) is 11.4 Å². The van der Waals surface area contributed by atoms with E-state index in [1.165, 1.54) is 29.5 Å². The van der Waals surface area contributed by atoms with Crippen molar-refractivity contribution < 1.29 is 9.59 Å². The molecule has 1 saturated heterocycles. The Morgan fingerprint density at radius 2 is 1.39 bits per heavy atom. The summed E-state index contributed by atoms with van der Waals surface area (Å²) in [6.45, 7) is 6.18. The fourth-order valence-corrected chi connectivity index (χ4v) is 5.40. The van der Waals surface area contributed by atoms with Crippen molar-refractivity contribution in [3.8, 4) is 0 Å². The molecular formula is C28H26N2O2S. The van der Waals surface area contributed by atoms with E-state index in [2.05, 4.69) is 4.90 Å². The number of aryl methyl sites for hydroxylation is 2. The number of carbonyl (C=O) groups excluding carboxylic acids is 2. The van der Waals surface area contributed by atoms with Crippen LogP contribution in [0.15, 0.2) is 82.6 Å². The topological polar surface area (TPSA) is 40.6 Å². The highest BCUT2D eigenvalue weighted by Gasteiger charge is 2.40. The van der Waals surface area contributed by atoms with Gasteiger partial charge in [0.25, 0.3) is 11.8 Å². The smallest absolute Gasteiger partial charge is 0.272 e. The van der Waals surface area contributed by atoms with Crippen LogP contribution < -0.4 is 9.80 Å². The summed E-state index contributed by atoms with van der Waals surface area (Å²) in [6.07, 6.45) is 2.41. The predicted octanol–water partition coefficient (Wildman–Crippen LogP) is 5.98. The van der Waals surface area contributed by atoms with Crippen LogP contribution in [-0.4, -0.2) is 24.9 Å². The molecule has 5 rings (SSSR count). The van der Waals surface area contributed by atoms with Gasteiger partial charge in [-0.3, -0.25) is 9.59 Å². The molecule has 2 aliphatic rings. The molecule has 0 radical (unpaired) electrons. The van der Waals surface area contributed by atoms with Gasteiger partial charge in [0.1, 0.15) is 0 Å². The van der Waals surface area contributed by atoms with Gasteiger partial charge in [-0.05, 0) is 79.8 Å². The number of nitrogens with zero attached hydrogens (tertiary/aromatic N) is 2. The molecule has 3 aromatic rings. The SMILES string of the molecule is Cc1ccc(C2=C(Sc3ccccc3)C(=O)N(c3ccc(N4CCCC4)cc3)C2=O)cc1C. The Hall–Kier alpha value is -3.31. The molecule has 3 aromatic carbocycles. The molecule has 0 atom stereocenters. The van der Waals surface area contributed by atoms with Gasteiger partial charge in [-0.15, -0.1) is 0 Å². The van der Waals surface area contributed by atoms with E-state index in [0.29, 0.717) is 16.2 Å². The molecule has 2 amide bonds. The Labute approximate surface area is 198 Å². The van der Waals surface area contributed by atoms with Crippen LogP contribution in [0.25, 0.3) is 5.57 Å². The maximum Gasteiger partial charge on any atom is 0.272 e. The third kappa shape index (κ3) is 4.09. The van der Waals surface area contributed by atoms with Gasteiger partial charge in [0.05, 0.1) is 16.2 Å². The molecule has 166 valence electrons. The third-order valence-corrected chi connectivity index (χ3v) is 7.47. The van der Waals surface area contributed by atoms with Crippen LogP contribution >= 0.6 is 11.8 Å². The van der Waals surface area contributed by atoms with E-state index in [0.717, 1.165) is 40.4 Å². The molecule has 5 heteroatoms. The zero-order valence-corrected chi connectivity index (χ0v) is 19.7. The first kappa shape index (κ1) is 21.5. The number of hydrogen-bond acceptors (Lipinski definition) is 4. The Morgan fingerprint density at radius 3 is 2.06 bits per heavy atom. The predicted molar refractivity (Wildman–Crippen MR) is 136 cm³/mol. The summed E-state index contributed by atoms with van der Waals surface area (Å²) in [7, 11) is 0. The van der Waals surface area contributed by atoms with E-state index in [9.17, 15) is 9.59 Å². The molecule has 1 fully saturated rings. The van der Waals surface area contributed by atoms with Crippen molar-refractivity contribution in [1.82, 2.24) is 0 Å². The van der Waals surface area contributed by atoms with Crippen molar-refractivity contribution in [3.63, 3.8) is 0 Å². The fourth-order valence-electron chi connectivity index (χ4n) is 4.38. The second-order valence-electron chi connectivity index (χ2n) is 8.57. The summed E-state index contributed by atoms with van der Waals surface area (Å²) in [6, 6.07) is 23.5. The van der Waals surface area contributed by atoms with Gasteiger partial charge in [0, 0.05) is 23.7 Å². The summed E-state index contributed by atoms with van der Waals surface area (Å²) in [5.74, 6) is -0.536. The van der Waals surface area contributed by atoms with Crippen molar-refractivity contribution in [2.75, 3.05) is 22.9 Å². The number of benzene rings is 3. The third-order valence-electron chi connectivity index (χ3n) is 6.38. The number of amides is 2. The van der Waals surface area contributed by atoms with Gasteiger partial charge in [-0.25, -0.2) is 4.90 Å². The first-order chi connectivity index (χ1) is 16.0. The Bertz CT molecular complexity index is 1240. The summed E-state index contributed by atoms with van der Waals surface area (Å²) < 4.78 is 0. The van der Waals surface area contributed by atoms with E-state index < -0.39 is 0 Å². The van der Waals surface area contributed by atoms with Crippen molar-refractivity contribution in [3.05, 3.63) is 94.4 Å². The largest absolute Gasteiger partial charge is 0.372 e. The Balaban J connectivity index is 1.54. The maximum atomic E-state index is 13.7. The van der Waals surface area contributed by atoms with Crippen LogP contribution in [0.3, 0.4) is 0 Å². The number of rotatable bonds is 5. The van der Waals surface area contributed by atoms with Crippen molar-refractivity contribution in [2.45, 2.75) is 31.6 Å². The molecule has 2 heterocycles. The maximum absolute atomic E-state index is 13.7. The first-order valence-electron chi connectivity index (χ1n) is 11.3. The zero-order valence-electron chi connectivity index (χ0n) is 18.9. The lowest BCUT2D eigenvalue weighted by Gasteiger charge is -2.20. The minimum atomic E-state index is -0.268. The second-order valence-corrected chi connectivity index (χ2v) is 9.66. The van der Waals surface area contributed by atoms with E-state index in [1.54, 1.807) is 0 Å². The van der Waals surface area contributed by atoms with Crippen LogP contribution in [0.1, 0.15) is 29.5 Å². The van der Waals surface area contributed by atoms with Gasteiger partial charge in [0.15, 0.2) is 0 Å². The molecule has 2 aliphatic heterocycles. The van der Waals surface area contributed by atoms with Crippen LogP contribution in [0.2, 0.25) is 0 Å². The molecular weight excluding hydrogens is 428 g/mol. The quantitative estimate of drug-likeness (QED) is 0.445. The summed E-state index contributed by atoms with van der Waals surface area (Å²) in [5, 5.41) is 0. The molecule has 0 aliphatic carbocycles. The molecule has 0 unspecified atom stereocenters. The molecule has 0 spiro atoms. The molecule has 33 heavy (non-hydrogen) atoms. The Kier molecular flexibility index (Phi) is 5.81. The van der Waals surface area contributed by atoms with Gasteiger partial charge in [-0.1, -0.05) is 48.2 Å². The fraction of sp³-hybridized carbons (Fsp3) is 0.214. The number of imide groups is 1. The minimum absolute atomic E-state index is 0.268. The van der Waals surface area contributed by atoms with Crippen LogP contribution in [0.5, 0.6) is 0 Å². The van der Waals surface area contributed by atoms with Gasteiger partial charge < -0.3 is 4.90 Å². The molecule has 0 saturated carbocycles. The van der Waals surface area contributed by atoms with E-state index >= 15 is 0 Å². The normalized spacial score (nSPS) is 16.3. The average molecular weight is 455 g/mol. The monoisotopic (exact) mass is 454 g/mol. The number of anilines is 2. The number of carbonyl (C=O) groups is 2. The summed E-state index contributed by atoms with van der Waals surface area (Å²) in [5.41, 5.74) is 5.25. The summed E-state index contributed by atoms with van der Waals surface area (Å²) >= 11 is 1.36. The lowest BCUT2D eigenvalue weighted by Crippen LogP contribution is -2.31. The number of thioether (sulfide) groups is 1. The van der Waals surface area contributed by atoms with Crippen molar-refractivity contribution >= 4 is 40.5 Å². The molecule has 0 aromatic heterocycles. The summed E-state index contributed by atoms with van der Waals surface area (Å²) in [4.78, 5) is 32.4. The zero-order chi connectivity index (χ0) is 22.9. The highest BCUT2D eigenvalue weighted by Crippen LogP contribution is 2.42. The molecule has 4 nitrogen and oxygen atoms in total. The van der Waals surface area contributed by atoms with Gasteiger partial charge in [0.2, 0.25) is 0 Å². The van der Waals surface area contributed by atoms with Gasteiger partial charge in [-0.2, -0.15) is 0 Å². The lowest BCUT2D eigenvalue weighted by molar-refractivity contribution is -0.119. The van der Waals surface area contributed by atoms with Crippen molar-refractivity contribution in [1.29, 1.82) is 0 Å². The second kappa shape index (κ2) is 8.91. The van der Waals surface area contributed by atoms with E-state index in [-0.39, 0.29) is 11.8 Å². The standard InChI is InChI=1S/C28H26N2O2S/c1-19-10-11-21(18-20(19)2)25-26(33-24-8-4-3-5-9-24)28(32)30(27(25)31)23-14-12-22(13-15-23)29-16-6-7-17-29/h3-5,8-15,18H,6-7,16-17H2,1-2H3. The highest BCUT2D eigenvalue weighted by molar-refractivity contribution is 8.04. The van der Waals surface area contributed by atoms with Crippen LogP contribution in [0, 0.1) is 13.8 Å². The first-order valence-corrected chi connectivity index (χ1v) is 12.1. The minimum Gasteiger partial charge on any atom is -0.372 e. The molecule has 0 bridgehead atoms.